The maximum absolute atomic E-state index is 5.44. The number of rotatable bonds is 7. The van der Waals surface area contributed by atoms with Crippen molar-refractivity contribution in [1.82, 2.24) is 30.0 Å². The van der Waals surface area contributed by atoms with Gasteiger partial charge < -0.3 is 4.42 Å². The molecule has 2 aromatic heterocycles. The molecule has 1 saturated heterocycles. The van der Waals surface area contributed by atoms with Crippen molar-refractivity contribution in [1.29, 1.82) is 0 Å². The molecule has 1 fully saturated rings. The summed E-state index contributed by atoms with van der Waals surface area (Å²) in [5, 5.41) is 12.3. The molecular formula is C24H26N6O. The highest BCUT2D eigenvalue weighted by molar-refractivity contribution is 5.32. The van der Waals surface area contributed by atoms with Crippen LogP contribution in [0.1, 0.15) is 28.8 Å². The lowest BCUT2D eigenvalue weighted by Gasteiger charge is -2.39. The predicted octanol–water partition coefficient (Wildman–Crippen LogP) is 3.22. The van der Waals surface area contributed by atoms with E-state index in [4.69, 9.17) is 4.42 Å². The fourth-order valence-electron chi connectivity index (χ4n) is 4.27. The van der Waals surface area contributed by atoms with Gasteiger partial charge in [-0.2, -0.15) is 0 Å². The van der Waals surface area contributed by atoms with Crippen LogP contribution in [0.25, 0.3) is 0 Å². The zero-order valence-electron chi connectivity index (χ0n) is 17.4. The van der Waals surface area contributed by atoms with Crippen LogP contribution in [-0.2, 0) is 13.1 Å². The number of hydrogen-bond acceptors (Lipinski definition) is 6. The molecule has 0 radical (unpaired) electrons. The van der Waals surface area contributed by atoms with Gasteiger partial charge in [0.15, 0.2) is 5.82 Å². The molecule has 158 valence electrons. The average molecular weight is 415 g/mol. The van der Waals surface area contributed by atoms with E-state index >= 15 is 0 Å². The summed E-state index contributed by atoms with van der Waals surface area (Å²) in [7, 11) is 0. The topological polar surface area (TPSA) is 63.2 Å². The molecule has 0 spiro atoms. The van der Waals surface area contributed by atoms with E-state index in [2.05, 4.69) is 86.0 Å². The molecule has 7 heteroatoms. The number of nitrogens with zero attached hydrogens (tertiary/aromatic N) is 6. The molecule has 0 N–H and O–H groups in total. The van der Waals surface area contributed by atoms with Crippen LogP contribution in [-0.4, -0.2) is 56.2 Å². The summed E-state index contributed by atoms with van der Waals surface area (Å²) in [6.45, 7) is 5.23. The smallest absolute Gasteiger partial charge is 0.165 e. The van der Waals surface area contributed by atoms with Crippen LogP contribution in [0.5, 0.6) is 0 Å². The third-order valence-electron chi connectivity index (χ3n) is 5.86. The summed E-state index contributed by atoms with van der Waals surface area (Å²) in [4.78, 5) is 5.00. The highest BCUT2D eigenvalue weighted by atomic mass is 16.3. The van der Waals surface area contributed by atoms with Crippen molar-refractivity contribution in [3.05, 3.63) is 102 Å². The fourth-order valence-corrected chi connectivity index (χ4v) is 4.27. The Morgan fingerprint density at radius 2 is 1.45 bits per heavy atom. The molecule has 4 aromatic rings. The van der Waals surface area contributed by atoms with Gasteiger partial charge in [-0.15, -0.1) is 5.10 Å². The van der Waals surface area contributed by atoms with Gasteiger partial charge in [0, 0.05) is 26.2 Å². The number of aromatic nitrogens is 4. The molecule has 1 aliphatic heterocycles. The summed E-state index contributed by atoms with van der Waals surface area (Å²) < 4.78 is 7.26. The highest BCUT2D eigenvalue weighted by Crippen LogP contribution is 2.29. The van der Waals surface area contributed by atoms with Gasteiger partial charge in [-0.1, -0.05) is 60.7 Å². The molecule has 3 heterocycles. The molecule has 1 aliphatic rings. The molecule has 0 atom stereocenters. The van der Waals surface area contributed by atoms with Crippen molar-refractivity contribution in [2.75, 3.05) is 26.2 Å². The van der Waals surface area contributed by atoms with Crippen LogP contribution in [0, 0.1) is 0 Å². The molecule has 0 unspecified atom stereocenters. The van der Waals surface area contributed by atoms with Gasteiger partial charge in [-0.25, -0.2) is 4.68 Å². The SMILES string of the molecule is c1ccc(C(c2ccccc2)N2CCN(Cc3nnnn3Cc3ccco3)CC2)cc1. The first kappa shape index (κ1) is 19.7. The standard InChI is InChI=1S/C24H26N6O/c1-3-8-20(9-4-1)24(21-10-5-2-6-11-21)29-15-13-28(14-16-29)19-23-25-26-27-30(23)18-22-12-7-17-31-22/h1-12,17,24H,13-16,18-19H2. The quantitative estimate of drug-likeness (QED) is 0.463. The Morgan fingerprint density at radius 3 is 2.06 bits per heavy atom. The minimum absolute atomic E-state index is 0.272. The lowest BCUT2D eigenvalue weighted by molar-refractivity contribution is 0.102. The van der Waals surface area contributed by atoms with Gasteiger partial charge in [0.25, 0.3) is 0 Å². The normalized spacial score (nSPS) is 15.5. The third kappa shape index (κ3) is 4.57. The van der Waals surface area contributed by atoms with E-state index in [1.54, 1.807) is 6.26 Å². The second kappa shape index (κ2) is 9.24. The number of hydrogen-bond donors (Lipinski definition) is 0. The number of benzene rings is 2. The zero-order valence-corrected chi connectivity index (χ0v) is 17.4. The maximum atomic E-state index is 5.44. The zero-order chi connectivity index (χ0) is 20.9. The van der Waals surface area contributed by atoms with E-state index in [0.29, 0.717) is 6.54 Å². The Labute approximate surface area is 181 Å². The third-order valence-corrected chi connectivity index (χ3v) is 5.86. The van der Waals surface area contributed by atoms with Gasteiger partial charge in [0.05, 0.1) is 18.8 Å². The van der Waals surface area contributed by atoms with Crippen molar-refractivity contribution in [3.63, 3.8) is 0 Å². The Morgan fingerprint density at radius 1 is 0.774 bits per heavy atom. The lowest BCUT2D eigenvalue weighted by atomic mass is 9.96. The minimum Gasteiger partial charge on any atom is -0.467 e. The Bertz CT molecular complexity index is 1020. The first-order valence-electron chi connectivity index (χ1n) is 10.7. The predicted molar refractivity (Wildman–Crippen MR) is 117 cm³/mol. The number of piperazine rings is 1. The Balaban J connectivity index is 1.26. The van der Waals surface area contributed by atoms with Gasteiger partial charge in [-0.3, -0.25) is 9.80 Å². The molecule has 0 amide bonds. The van der Waals surface area contributed by atoms with Crippen molar-refractivity contribution in [3.8, 4) is 0 Å². The first-order valence-corrected chi connectivity index (χ1v) is 10.7. The van der Waals surface area contributed by atoms with Crippen LogP contribution < -0.4 is 0 Å². The van der Waals surface area contributed by atoms with Crippen molar-refractivity contribution in [2.45, 2.75) is 19.1 Å². The Hall–Kier alpha value is -3.29. The molecule has 0 aliphatic carbocycles. The van der Waals surface area contributed by atoms with Crippen molar-refractivity contribution in [2.24, 2.45) is 0 Å². The summed E-state index contributed by atoms with van der Waals surface area (Å²) in [6.07, 6.45) is 1.68. The van der Waals surface area contributed by atoms with Gasteiger partial charge >= 0.3 is 0 Å². The second-order valence-electron chi connectivity index (χ2n) is 7.87. The molecule has 31 heavy (non-hydrogen) atoms. The fraction of sp³-hybridized carbons (Fsp3) is 0.292. The molecular weight excluding hydrogens is 388 g/mol. The average Bonchev–Trinajstić information content (AvgIpc) is 3.49. The Kier molecular flexibility index (Phi) is 5.86. The van der Waals surface area contributed by atoms with E-state index in [1.807, 2.05) is 16.8 Å². The molecule has 5 rings (SSSR count). The summed E-state index contributed by atoms with van der Waals surface area (Å²) in [6, 6.07) is 25.7. The summed E-state index contributed by atoms with van der Waals surface area (Å²) in [5.74, 6) is 1.72. The number of tetrazole rings is 1. The minimum atomic E-state index is 0.272. The number of furan rings is 1. The highest BCUT2D eigenvalue weighted by Gasteiger charge is 2.27. The van der Waals surface area contributed by atoms with Crippen LogP contribution in [0.2, 0.25) is 0 Å². The van der Waals surface area contributed by atoms with Crippen LogP contribution >= 0.6 is 0 Å². The molecule has 0 saturated carbocycles. The van der Waals surface area contributed by atoms with Gasteiger partial charge in [0.1, 0.15) is 12.3 Å². The van der Waals surface area contributed by atoms with Crippen molar-refractivity contribution < 1.29 is 4.42 Å². The first-order chi connectivity index (χ1) is 15.4. The van der Waals surface area contributed by atoms with E-state index in [9.17, 15) is 0 Å². The van der Waals surface area contributed by atoms with Crippen molar-refractivity contribution >= 4 is 0 Å². The molecule has 2 aromatic carbocycles. The molecule has 7 nitrogen and oxygen atoms in total. The maximum Gasteiger partial charge on any atom is 0.165 e. The summed E-state index contributed by atoms with van der Waals surface area (Å²) >= 11 is 0. The van der Waals surface area contributed by atoms with Gasteiger partial charge in [-0.05, 0) is 33.7 Å². The monoisotopic (exact) mass is 414 g/mol. The largest absolute Gasteiger partial charge is 0.467 e. The van der Waals surface area contributed by atoms with E-state index in [-0.39, 0.29) is 6.04 Å². The lowest BCUT2D eigenvalue weighted by Crippen LogP contribution is -2.47. The van der Waals surface area contributed by atoms with E-state index in [1.165, 1.54) is 11.1 Å². The van der Waals surface area contributed by atoms with Crippen LogP contribution in [0.15, 0.2) is 83.5 Å². The van der Waals surface area contributed by atoms with E-state index < -0.39 is 0 Å². The van der Waals surface area contributed by atoms with Crippen LogP contribution in [0.4, 0.5) is 0 Å². The second-order valence-corrected chi connectivity index (χ2v) is 7.87. The van der Waals surface area contributed by atoms with Crippen LogP contribution in [0.3, 0.4) is 0 Å². The summed E-state index contributed by atoms with van der Waals surface area (Å²) in [5.41, 5.74) is 2.68. The van der Waals surface area contributed by atoms with Gasteiger partial charge in [0.2, 0.25) is 0 Å². The molecule has 0 bridgehead atoms. The van der Waals surface area contributed by atoms with E-state index in [0.717, 1.165) is 44.3 Å².